The first-order valence-electron chi connectivity index (χ1n) is 3.87. The number of carboxylic acid groups (broad SMARTS) is 1. The molecule has 1 aromatic rings. The molecular formula is C8H8BIO4. The van der Waals surface area contributed by atoms with Crippen molar-refractivity contribution in [3.8, 4) is 0 Å². The summed E-state index contributed by atoms with van der Waals surface area (Å²) in [4.78, 5) is 10.5. The quantitative estimate of drug-likeness (QED) is 0.524. The van der Waals surface area contributed by atoms with Gasteiger partial charge >= 0.3 is 13.1 Å². The van der Waals surface area contributed by atoms with E-state index in [1.54, 1.807) is 12.1 Å². The van der Waals surface area contributed by atoms with Gasteiger partial charge in [0.15, 0.2) is 0 Å². The summed E-state index contributed by atoms with van der Waals surface area (Å²) < 4.78 is 0.800. The highest BCUT2D eigenvalue weighted by Crippen LogP contribution is 2.11. The topological polar surface area (TPSA) is 77.8 Å². The molecule has 0 spiro atoms. The van der Waals surface area contributed by atoms with Gasteiger partial charge in [-0.15, -0.1) is 0 Å². The molecule has 0 saturated carbocycles. The maximum atomic E-state index is 10.5. The Morgan fingerprint density at radius 1 is 1.43 bits per heavy atom. The Hall–Kier alpha value is -0.595. The molecule has 0 bridgehead atoms. The van der Waals surface area contributed by atoms with E-state index in [2.05, 4.69) is 0 Å². The molecule has 0 saturated heterocycles. The van der Waals surface area contributed by atoms with E-state index >= 15 is 0 Å². The minimum Gasteiger partial charge on any atom is -0.481 e. The van der Waals surface area contributed by atoms with Gasteiger partial charge in [-0.25, -0.2) is 0 Å². The van der Waals surface area contributed by atoms with E-state index in [9.17, 15) is 4.79 Å². The van der Waals surface area contributed by atoms with Gasteiger partial charge in [-0.1, -0.05) is 12.1 Å². The molecule has 0 fully saturated rings. The van der Waals surface area contributed by atoms with E-state index in [1.165, 1.54) is 6.07 Å². The number of carbonyl (C=O) groups is 1. The molecule has 1 rings (SSSR count). The van der Waals surface area contributed by atoms with E-state index < -0.39 is 13.1 Å². The Labute approximate surface area is 94.9 Å². The molecule has 0 aliphatic heterocycles. The number of hydrogen-bond acceptors (Lipinski definition) is 3. The van der Waals surface area contributed by atoms with Crippen LogP contribution in [0.25, 0.3) is 0 Å². The molecule has 0 heterocycles. The second-order valence-corrected chi connectivity index (χ2v) is 3.96. The molecule has 0 aliphatic rings. The summed E-state index contributed by atoms with van der Waals surface area (Å²) in [5.41, 5.74) is 0.894. The maximum Gasteiger partial charge on any atom is 0.488 e. The van der Waals surface area contributed by atoms with E-state index in [1.807, 2.05) is 22.6 Å². The standard InChI is InChI=1S/C8H8BIO4/c10-7-2-1-6(9(13)14)3-5(7)4-8(11)12/h1-3,13-14H,4H2,(H,11,12). The molecule has 3 N–H and O–H groups in total. The minimum atomic E-state index is -1.56. The SMILES string of the molecule is O=C(O)Cc1cc(B(O)O)ccc1I. The van der Waals surface area contributed by atoms with Crippen molar-refractivity contribution < 1.29 is 19.9 Å². The molecule has 6 heteroatoms. The summed E-state index contributed by atoms with van der Waals surface area (Å²) in [7, 11) is -1.56. The van der Waals surface area contributed by atoms with Crippen LogP contribution in [0.4, 0.5) is 0 Å². The van der Waals surface area contributed by atoms with Crippen LogP contribution in [0.1, 0.15) is 5.56 Å². The third-order valence-electron chi connectivity index (χ3n) is 1.71. The number of carboxylic acids is 1. The van der Waals surface area contributed by atoms with Gasteiger partial charge in [0.05, 0.1) is 6.42 Å². The van der Waals surface area contributed by atoms with Crippen LogP contribution in [0.3, 0.4) is 0 Å². The van der Waals surface area contributed by atoms with Gasteiger partial charge in [-0.05, 0) is 39.7 Å². The number of halogens is 1. The van der Waals surface area contributed by atoms with E-state index in [0.717, 1.165) is 3.57 Å². The lowest BCUT2D eigenvalue weighted by atomic mass is 9.79. The van der Waals surface area contributed by atoms with Gasteiger partial charge in [-0.2, -0.15) is 0 Å². The average Bonchev–Trinajstić information content (AvgIpc) is 2.07. The normalized spacial score (nSPS) is 9.93. The highest BCUT2D eigenvalue weighted by atomic mass is 127. The Balaban J connectivity index is 3.02. The highest BCUT2D eigenvalue weighted by molar-refractivity contribution is 14.1. The lowest BCUT2D eigenvalue weighted by Gasteiger charge is -2.04. The van der Waals surface area contributed by atoms with Gasteiger partial charge < -0.3 is 15.2 Å². The van der Waals surface area contributed by atoms with Crippen molar-refractivity contribution in [2.24, 2.45) is 0 Å². The number of rotatable bonds is 3. The predicted octanol–water partition coefficient (Wildman–Crippen LogP) is -0.402. The van der Waals surface area contributed by atoms with Crippen LogP contribution in [0.5, 0.6) is 0 Å². The van der Waals surface area contributed by atoms with Crippen LogP contribution in [-0.2, 0) is 11.2 Å². The average molecular weight is 306 g/mol. The Morgan fingerprint density at radius 2 is 2.07 bits per heavy atom. The molecule has 0 unspecified atom stereocenters. The number of aliphatic carboxylic acids is 1. The minimum absolute atomic E-state index is 0.112. The maximum absolute atomic E-state index is 10.5. The molecule has 1 aromatic carbocycles. The first-order valence-corrected chi connectivity index (χ1v) is 4.95. The smallest absolute Gasteiger partial charge is 0.481 e. The lowest BCUT2D eigenvalue weighted by Crippen LogP contribution is -2.30. The van der Waals surface area contributed by atoms with Gasteiger partial charge in [0.25, 0.3) is 0 Å². The van der Waals surface area contributed by atoms with Gasteiger partial charge in [0, 0.05) is 3.57 Å². The van der Waals surface area contributed by atoms with Crippen LogP contribution in [0, 0.1) is 3.57 Å². The molecule has 0 aliphatic carbocycles. The Bertz CT molecular complexity index is 353. The molecule has 0 aromatic heterocycles. The zero-order chi connectivity index (χ0) is 10.7. The molecule has 74 valence electrons. The van der Waals surface area contributed by atoms with Crippen molar-refractivity contribution in [3.05, 3.63) is 27.3 Å². The van der Waals surface area contributed by atoms with Crippen molar-refractivity contribution in [1.82, 2.24) is 0 Å². The fraction of sp³-hybridized carbons (Fsp3) is 0.125. The number of hydrogen-bond donors (Lipinski definition) is 3. The molecule has 0 radical (unpaired) electrons. The lowest BCUT2D eigenvalue weighted by molar-refractivity contribution is -0.136. The van der Waals surface area contributed by atoms with Crippen LogP contribution < -0.4 is 5.46 Å². The molecular weight excluding hydrogens is 298 g/mol. The van der Waals surface area contributed by atoms with Crippen molar-refractivity contribution in [1.29, 1.82) is 0 Å². The van der Waals surface area contributed by atoms with Crippen LogP contribution in [0.2, 0.25) is 0 Å². The predicted molar refractivity (Wildman–Crippen MR) is 60.3 cm³/mol. The largest absolute Gasteiger partial charge is 0.488 e. The summed E-state index contributed by atoms with van der Waals surface area (Å²) in [5, 5.41) is 26.4. The summed E-state index contributed by atoms with van der Waals surface area (Å²) in [5.74, 6) is -0.938. The third kappa shape index (κ3) is 2.97. The summed E-state index contributed by atoms with van der Waals surface area (Å²) in [6.07, 6.45) is -0.112. The van der Waals surface area contributed by atoms with E-state index in [4.69, 9.17) is 15.2 Å². The Kier molecular flexibility index (Phi) is 3.91. The fourth-order valence-electron chi connectivity index (χ4n) is 1.05. The van der Waals surface area contributed by atoms with Crippen LogP contribution in [-0.4, -0.2) is 28.2 Å². The summed E-state index contributed by atoms with van der Waals surface area (Å²) in [6.45, 7) is 0. The Morgan fingerprint density at radius 3 is 2.57 bits per heavy atom. The molecule has 4 nitrogen and oxygen atoms in total. The van der Waals surface area contributed by atoms with Crippen LogP contribution >= 0.6 is 22.6 Å². The van der Waals surface area contributed by atoms with Gasteiger partial charge in [0.2, 0.25) is 0 Å². The highest BCUT2D eigenvalue weighted by Gasteiger charge is 2.13. The first kappa shape index (κ1) is 11.5. The van der Waals surface area contributed by atoms with Crippen molar-refractivity contribution in [3.63, 3.8) is 0 Å². The van der Waals surface area contributed by atoms with Crippen molar-refractivity contribution >= 4 is 41.1 Å². The van der Waals surface area contributed by atoms with Crippen LogP contribution in [0.15, 0.2) is 18.2 Å². The molecule has 0 amide bonds. The second kappa shape index (κ2) is 4.76. The van der Waals surface area contributed by atoms with Gasteiger partial charge in [0.1, 0.15) is 0 Å². The van der Waals surface area contributed by atoms with Gasteiger partial charge in [-0.3, -0.25) is 4.79 Å². The number of benzene rings is 1. The molecule has 0 atom stereocenters. The zero-order valence-corrected chi connectivity index (χ0v) is 9.30. The summed E-state index contributed by atoms with van der Waals surface area (Å²) >= 11 is 2.01. The van der Waals surface area contributed by atoms with E-state index in [0.29, 0.717) is 11.0 Å². The van der Waals surface area contributed by atoms with Crippen molar-refractivity contribution in [2.75, 3.05) is 0 Å². The monoisotopic (exact) mass is 306 g/mol. The third-order valence-corrected chi connectivity index (χ3v) is 2.76. The fourth-order valence-corrected chi connectivity index (χ4v) is 1.58. The van der Waals surface area contributed by atoms with E-state index in [-0.39, 0.29) is 6.42 Å². The zero-order valence-electron chi connectivity index (χ0n) is 7.14. The van der Waals surface area contributed by atoms with Crippen molar-refractivity contribution in [2.45, 2.75) is 6.42 Å². The first-order chi connectivity index (χ1) is 6.50. The molecule has 14 heavy (non-hydrogen) atoms. The summed E-state index contributed by atoms with van der Waals surface area (Å²) in [6, 6.07) is 4.70. The second-order valence-electron chi connectivity index (χ2n) is 2.80.